The van der Waals surface area contributed by atoms with Gasteiger partial charge >= 0.3 is 12.1 Å². The summed E-state index contributed by atoms with van der Waals surface area (Å²) < 4.78 is 42.2. The van der Waals surface area contributed by atoms with Gasteiger partial charge in [0.25, 0.3) is 0 Å². The van der Waals surface area contributed by atoms with Crippen LogP contribution in [-0.2, 0) is 9.63 Å². The lowest BCUT2D eigenvalue weighted by Crippen LogP contribution is -2.55. The molecule has 0 bridgehead atoms. The second kappa shape index (κ2) is 7.34. The lowest BCUT2D eigenvalue weighted by Gasteiger charge is -2.37. The molecule has 0 atom stereocenters. The molecule has 2 aromatic carbocycles. The number of carbonyl (C=O) groups excluding carboxylic acids is 1. The number of ether oxygens (including phenoxy) is 1. The van der Waals surface area contributed by atoms with E-state index in [9.17, 15) is 18.0 Å². The molecule has 0 unspecified atom stereocenters. The number of rotatable bonds is 4. The fourth-order valence-corrected chi connectivity index (χ4v) is 2.94. The molecule has 9 heteroatoms. The summed E-state index contributed by atoms with van der Waals surface area (Å²) in [6.45, 7) is -0.0475. The highest BCUT2D eigenvalue weighted by Gasteiger charge is 2.45. The number of hydroxylamine groups is 2. The summed E-state index contributed by atoms with van der Waals surface area (Å²) >= 11 is 12.5. The number of hydrogen-bond donors (Lipinski definition) is 0. The second-order valence-electron chi connectivity index (χ2n) is 5.57. The van der Waals surface area contributed by atoms with Crippen molar-refractivity contribution in [3.8, 4) is 16.9 Å². The van der Waals surface area contributed by atoms with Gasteiger partial charge in [0, 0.05) is 5.56 Å². The van der Waals surface area contributed by atoms with E-state index in [1.54, 1.807) is 12.1 Å². The summed E-state index contributed by atoms with van der Waals surface area (Å²) in [5.74, 6) is -2.03. The molecular formula is C17H12Cl2F3NO3. The van der Waals surface area contributed by atoms with E-state index in [1.165, 1.54) is 0 Å². The van der Waals surface area contributed by atoms with Crippen molar-refractivity contribution in [3.63, 3.8) is 0 Å². The highest BCUT2D eigenvalue weighted by molar-refractivity contribution is 6.39. The summed E-state index contributed by atoms with van der Waals surface area (Å²) in [7, 11) is 0. The van der Waals surface area contributed by atoms with Crippen LogP contribution in [0.3, 0.4) is 0 Å². The van der Waals surface area contributed by atoms with Crippen molar-refractivity contribution in [2.75, 3.05) is 13.1 Å². The lowest BCUT2D eigenvalue weighted by atomic mass is 10.1. The summed E-state index contributed by atoms with van der Waals surface area (Å²) in [5.41, 5.74) is 1.58. The Morgan fingerprint density at radius 1 is 1.08 bits per heavy atom. The van der Waals surface area contributed by atoms with Crippen molar-refractivity contribution in [1.29, 1.82) is 0 Å². The first kappa shape index (κ1) is 18.8. The van der Waals surface area contributed by atoms with Crippen molar-refractivity contribution >= 4 is 29.2 Å². The third-order valence-corrected chi connectivity index (χ3v) is 4.35. The number of hydrogen-bond acceptors (Lipinski definition) is 4. The molecule has 0 spiro atoms. The minimum absolute atomic E-state index is 0.0238. The van der Waals surface area contributed by atoms with E-state index in [2.05, 4.69) is 4.84 Å². The smallest absolute Gasteiger partial charge is 0.484 e. The van der Waals surface area contributed by atoms with E-state index >= 15 is 0 Å². The maximum absolute atomic E-state index is 12.2. The van der Waals surface area contributed by atoms with Crippen LogP contribution < -0.4 is 4.74 Å². The summed E-state index contributed by atoms with van der Waals surface area (Å²) in [6, 6.07) is 12.7. The molecule has 0 amide bonds. The maximum atomic E-state index is 12.2. The summed E-state index contributed by atoms with van der Waals surface area (Å²) in [6.07, 6.45) is -5.54. The number of halogens is 5. The van der Waals surface area contributed by atoms with Crippen LogP contribution in [0, 0.1) is 0 Å². The minimum Gasteiger partial charge on any atom is -0.484 e. The zero-order valence-corrected chi connectivity index (χ0v) is 14.6. The molecule has 1 saturated heterocycles. The molecule has 2 aromatic rings. The zero-order valence-electron chi connectivity index (χ0n) is 13.1. The van der Waals surface area contributed by atoms with Gasteiger partial charge in [0.05, 0.1) is 23.1 Å². The van der Waals surface area contributed by atoms with E-state index in [0.29, 0.717) is 10.6 Å². The van der Waals surface area contributed by atoms with Gasteiger partial charge < -0.3 is 9.57 Å². The van der Waals surface area contributed by atoms with Gasteiger partial charge in [-0.25, -0.2) is 4.79 Å². The fraction of sp³-hybridized carbons (Fsp3) is 0.235. The molecule has 26 heavy (non-hydrogen) atoms. The Balaban J connectivity index is 1.67. The number of carbonyl (C=O) groups is 1. The van der Waals surface area contributed by atoms with Crippen LogP contribution in [0.15, 0.2) is 42.5 Å². The summed E-state index contributed by atoms with van der Waals surface area (Å²) in [4.78, 5) is 15.0. The second-order valence-corrected chi connectivity index (χ2v) is 6.35. The Bertz CT molecular complexity index is 809. The van der Waals surface area contributed by atoms with Crippen LogP contribution in [0.4, 0.5) is 13.2 Å². The molecular weight excluding hydrogens is 394 g/mol. The van der Waals surface area contributed by atoms with E-state index < -0.39 is 18.2 Å². The summed E-state index contributed by atoms with van der Waals surface area (Å²) in [5, 5.41) is 1.44. The molecule has 0 aromatic heterocycles. The van der Waals surface area contributed by atoms with E-state index in [0.717, 1.165) is 10.6 Å². The molecule has 1 aliphatic rings. The zero-order chi connectivity index (χ0) is 18.9. The minimum atomic E-state index is -5.04. The van der Waals surface area contributed by atoms with E-state index in [-0.39, 0.29) is 23.9 Å². The quantitative estimate of drug-likeness (QED) is 0.735. The molecule has 0 aliphatic carbocycles. The van der Waals surface area contributed by atoms with E-state index in [1.807, 2.05) is 30.3 Å². The molecule has 0 saturated carbocycles. The highest BCUT2D eigenvalue weighted by atomic mass is 35.5. The van der Waals surface area contributed by atoms with Crippen molar-refractivity contribution < 1.29 is 27.5 Å². The van der Waals surface area contributed by atoms with Crippen molar-refractivity contribution in [3.05, 3.63) is 52.5 Å². The third-order valence-electron chi connectivity index (χ3n) is 3.68. The topological polar surface area (TPSA) is 38.8 Å². The molecule has 1 fully saturated rings. The third kappa shape index (κ3) is 4.06. The first-order valence-corrected chi connectivity index (χ1v) is 8.25. The average Bonchev–Trinajstić information content (AvgIpc) is 2.55. The van der Waals surface area contributed by atoms with Crippen LogP contribution in [0.5, 0.6) is 5.75 Å². The number of benzene rings is 2. The molecule has 138 valence electrons. The predicted octanol–water partition coefficient (Wildman–Crippen LogP) is 4.74. The Morgan fingerprint density at radius 2 is 1.73 bits per heavy atom. The number of nitrogens with zero attached hydrogens (tertiary/aromatic N) is 1. The Labute approximate surface area is 157 Å². The number of alkyl halides is 3. The van der Waals surface area contributed by atoms with Gasteiger partial charge in [-0.15, -0.1) is 5.06 Å². The van der Waals surface area contributed by atoms with Crippen molar-refractivity contribution in [2.24, 2.45) is 0 Å². The van der Waals surface area contributed by atoms with Crippen LogP contribution in [0.25, 0.3) is 11.1 Å². The van der Waals surface area contributed by atoms with Crippen LogP contribution in [-0.4, -0.2) is 36.4 Å². The molecule has 0 N–H and O–H groups in total. The van der Waals surface area contributed by atoms with Gasteiger partial charge in [-0.3, -0.25) is 0 Å². The van der Waals surface area contributed by atoms with Gasteiger partial charge in [-0.1, -0.05) is 59.6 Å². The monoisotopic (exact) mass is 405 g/mol. The first-order chi connectivity index (χ1) is 12.3. The van der Waals surface area contributed by atoms with Gasteiger partial charge in [0.15, 0.2) is 5.75 Å². The molecule has 4 nitrogen and oxygen atoms in total. The fourth-order valence-electron chi connectivity index (χ4n) is 2.37. The Morgan fingerprint density at radius 3 is 2.35 bits per heavy atom. The molecule has 1 heterocycles. The van der Waals surface area contributed by atoms with Crippen molar-refractivity contribution in [1.82, 2.24) is 5.06 Å². The molecule has 3 rings (SSSR count). The SMILES string of the molecule is O=C(ON1CC(Oc2c(Cl)ccc(-c3ccccc3)c2Cl)C1)C(F)(F)F. The largest absolute Gasteiger partial charge is 0.492 e. The van der Waals surface area contributed by atoms with Gasteiger partial charge in [0.2, 0.25) is 0 Å². The van der Waals surface area contributed by atoms with Gasteiger partial charge in [-0.2, -0.15) is 13.2 Å². The Hall–Kier alpha value is -1.96. The van der Waals surface area contributed by atoms with Crippen LogP contribution in [0.1, 0.15) is 0 Å². The van der Waals surface area contributed by atoms with Gasteiger partial charge in [0.1, 0.15) is 6.10 Å². The standard InChI is InChI=1S/C17H12Cl2F3NO3/c18-13-7-6-12(10-4-2-1-3-5-10)14(19)15(13)25-11-8-23(9-11)26-16(24)17(20,21)22/h1-7,11H,8-9H2. The van der Waals surface area contributed by atoms with Crippen LogP contribution >= 0.6 is 23.2 Å². The maximum Gasteiger partial charge on any atom is 0.492 e. The normalized spacial score (nSPS) is 15.4. The van der Waals surface area contributed by atoms with Crippen LogP contribution in [0.2, 0.25) is 10.0 Å². The first-order valence-electron chi connectivity index (χ1n) is 7.50. The van der Waals surface area contributed by atoms with E-state index in [4.69, 9.17) is 27.9 Å². The molecule has 1 aliphatic heterocycles. The Kier molecular flexibility index (Phi) is 5.32. The molecule has 0 radical (unpaired) electrons. The predicted molar refractivity (Wildman–Crippen MR) is 90.0 cm³/mol. The lowest BCUT2D eigenvalue weighted by molar-refractivity contribution is -0.262. The highest BCUT2D eigenvalue weighted by Crippen LogP contribution is 2.41. The van der Waals surface area contributed by atoms with Crippen molar-refractivity contribution in [2.45, 2.75) is 12.3 Å². The van der Waals surface area contributed by atoms with Gasteiger partial charge in [-0.05, 0) is 11.6 Å². The average molecular weight is 406 g/mol.